The molecule has 5 N–H and O–H groups in total. The van der Waals surface area contributed by atoms with Crippen molar-refractivity contribution in [3.8, 4) is 0 Å². The molecule has 0 fully saturated rings. The topological polar surface area (TPSA) is 125 Å². The maximum absolute atomic E-state index is 14.5. The average Bonchev–Trinajstić information content (AvgIpc) is 2.81. The summed E-state index contributed by atoms with van der Waals surface area (Å²) in [5.74, 6) is -1.10. The van der Waals surface area contributed by atoms with Gasteiger partial charge in [0, 0.05) is 49.8 Å². The number of nitrogens with two attached hydrogens (primary N) is 1. The quantitative estimate of drug-likeness (QED) is 0.215. The lowest BCUT2D eigenvalue weighted by Gasteiger charge is -2.35. The SMILES string of the molecule is CNC(=O)C(O)(CCC=O)N(C)Cc1c(C=O)cccc1NCc1cccc(SN)c1F. The fourth-order valence-electron chi connectivity index (χ4n) is 3.34. The summed E-state index contributed by atoms with van der Waals surface area (Å²) in [4.78, 5) is 36.6. The minimum absolute atomic E-state index is 0.0151. The summed E-state index contributed by atoms with van der Waals surface area (Å²) in [6.45, 7) is 0.144. The van der Waals surface area contributed by atoms with Gasteiger partial charge in [0.25, 0.3) is 5.91 Å². The smallest absolute Gasteiger partial charge is 0.267 e. The molecule has 0 aliphatic rings. The first-order chi connectivity index (χ1) is 15.3. The third kappa shape index (κ3) is 5.71. The molecular formula is C22H27FN4O4S. The summed E-state index contributed by atoms with van der Waals surface area (Å²) in [6, 6.07) is 9.91. The molecular weight excluding hydrogens is 435 g/mol. The Morgan fingerprint density at radius 1 is 1.28 bits per heavy atom. The molecule has 172 valence electrons. The zero-order valence-electron chi connectivity index (χ0n) is 17.9. The van der Waals surface area contributed by atoms with Crippen molar-refractivity contribution in [1.29, 1.82) is 0 Å². The van der Waals surface area contributed by atoms with E-state index < -0.39 is 17.4 Å². The number of amides is 1. The summed E-state index contributed by atoms with van der Waals surface area (Å²) in [5.41, 5.74) is -0.154. The number of rotatable bonds is 12. The van der Waals surface area contributed by atoms with E-state index >= 15 is 0 Å². The Balaban J connectivity index is 2.34. The van der Waals surface area contributed by atoms with Crippen LogP contribution in [0.1, 0.15) is 34.3 Å². The number of likely N-dealkylation sites (N-methyl/N-ethyl adjacent to an activating group) is 2. The lowest BCUT2D eigenvalue weighted by Crippen LogP contribution is -2.56. The normalized spacial score (nSPS) is 12.8. The van der Waals surface area contributed by atoms with Gasteiger partial charge in [-0.05, 0) is 36.7 Å². The van der Waals surface area contributed by atoms with Crippen LogP contribution < -0.4 is 15.8 Å². The highest BCUT2D eigenvalue weighted by Gasteiger charge is 2.39. The number of aldehydes is 2. The van der Waals surface area contributed by atoms with Crippen molar-refractivity contribution >= 4 is 36.1 Å². The number of nitrogens with one attached hydrogen (secondary N) is 2. The molecule has 0 spiro atoms. The lowest BCUT2D eigenvalue weighted by atomic mass is 10.0. The number of hydrogen-bond donors (Lipinski definition) is 4. The summed E-state index contributed by atoms with van der Waals surface area (Å²) >= 11 is 0.817. The number of hydrogen-bond acceptors (Lipinski definition) is 8. The van der Waals surface area contributed by atoms with Crippen LogP contribution in [-0.4, -0.2) is 48.3 Å². The van der Waals surface area contributed by atoms with Crippen molar-refractivity contribution in [2.24, 2.45) is 5.14 Å². The van der Waals surface area contributed by atoms with Gasteiger partial charge in [-0.2, -0.15) is 0 Å². The van der Waals surface area contributed by atoms with E-state index in [2.05, 4.69) is 10.6 Å². The van der Waals surface area contributed by atoms with E-state index in [1.54, 1.807) is 36.4 Å². The monoisotopic (exact) mass is 462 g/mol. The number of carbonyl (C=O) groups excluding carboxylic acids is 3. The standard InChI is InChI=1S/C22H27FN4O4S/c1-25-21(30)22(31,10-5-11-28)27(2)13-17-16(14-29)7-3-8-18(17)26-12-15-6-4-9-19(32-24)20(15)23/h3-4,6-9,11,14,26,31H,5,10,12-13,24H2,1-2H3,(H,25,30). The van der Waals surface area contributed by atoms with Gasteiger partial charge in [0.05, 0.1) is 4.90 Å². The van der Waals surface area contributed by atoms with Crippen molar-refractivity contribution in [3.05, 3.63) is 58.9 Å². The summed E-state index contributed by atoms with van der Waals surface area (Å²) in [7, 11) is 2.91. The van der Waals surface area contributed by atoms with Gasteiger partial charge in [0.2, 0.25) is 0 Å². The number of anilines is 1. The Hall–Kier alpha value is -2.79. The van der Waals surface area contributed by atoms with Crippen LogP contribution in [-0.2, 0) is 22.7 Å². The minimum atomic E-state index is -1.96. The van der Waals surface area contributed by atoms with Gasteiger partial charge in [-0.15, -0.1) is 0 Å². The highest BCUT2D eigenvalue weighted by atomic mass is 32.2. The second-order valence-electron chi connectivity index (χ2n) is 7.15. The van der Waals surface area contributed by atoms with Gasteiger partial charge in [0.1, 0.15) is 18.4 Å². The van der Waals surface area contributed by atoms with Gasteiger partial charge in [-0.3, -0.25) is 19.6 Å². The molecule has 0 saturated carbocycles. The lowest BCUT2D eigenvalue weighted by molar-refractivity contribution is -0.163. The van der Waals surface area contributed by atoms with Crippen LogP contribution in [0, 0.1) is 5.82 Å². The molecule has 0 aliphatic carbocycles. The van der Waals surface area contributed by atoms with Crippen LogP contribution in [0.15, 0.2) is 41.3 Å². The molecule has 1 atom stereocenters. The molecule has 0 bridgehead atoms. The number of benzene rings is 2. The first kappa shape index (κ1) is 25.5. The van der Waals surface area contributed by atoms with E-state index in [1.807, 2.05) is 0 Å². The molecule has 32 heavy (non-hydrogen) atoms. The highest BCUT2D eigenvalue weighted by Crippen LogP contribution is 2.27. The fraction of sp³-hybridized carbons (Fsp3) is 0.318. The van der Waals surface area contributed by atoms with Gasteiger partial charge in [-0.1, -0.05) is 24.3 Å². The predicted octanol–water partition coefficient (Wildman–Crippen LogP) is 2.06. The van der Waals surface area contributed by atoms with Crippen molar-refractivity contribution in [2.45, 2.75) is 36.6 Å². The fourth-order valence-corrected chi connectivity index (χ4v) is 3.73. The van der Waals surface area contributed by atoms with E-state index in [1.165, 1.54) is 19.0 Å². The highest BCUT2D eigenvalue weighted by molar-refractivity contribution is 7.97. The van der Waals surface area contributed by atoms with Crippen molar-refractivity contribution < 1.29 is 23.9 Å². The number of nitrogens with zero attached hydrogens (tertiary/aromatic N) is 1. The summed E-state index contributed by atoms with van der Waals surface area (Å²) in [6.07, 6.45) is 1.15. The molecule has 0 heterocycles. The van der Waals surface area contributed by atoms with Gasteiger partial charge < -0.3 is 20.5 Å². The van der Waals surface area contributed by atoms with Crippen LogP contribution in [0.25, 0.3) is 0 Å². The zero-order chi connectivity index (χ0) is 23.7. The molecule has 0 aliphatic heterocycles. The van der Waals surface area contributed by atoms with Crippen LogP contribution in [0.3, 0.4) is 0 Å². The molecule has 2 aromatic carbocycles. The Morgan fingerprint density at radius 2 is 2.00 bits per heavy atom. The second-order valence-corrected chi connectivity index (χ2v) is 7.82. The molecule has 10 heteroatoms. The first-order valence-electron chi connectivity index (χ1n) is 9.86. The van der Waals surface area contributed by atoms with Crippen LogP contribution in [0.5, 0.6) is 0 Å². The summed E-state index contributed by atoms with van der Waals surface area (Å²) in [5, 5.41) is 22.0. The molecule has 2 rings (SSSR count). The van der Waals surface area contributed by atoms with E-state index in [0.717, 1.165) is 11.9 Å². The van der Waals surface area contributed by atoms with Crippen molar-refractivity contribution in [1.82, 2.24) is 10.2 Å². The van der Waals surface area contributed by atoms with Gasteiger partial charge >= 0.3 is 0 Å². The van der Waals surface area contributed by atoms with Gasteiger partial charge in [-0.25, -0.2) is 4.39 Å². The molecule has 0 aromatic heterocycles. The largest absolute Gasteiger partial charge is 0.381 e. The molecule has 0 saturated heterocycles. The maximum atomic E-state index is 14.5. The molecule has 1 amide bonds. The maximum Gasteiger partial charge on any atom is 0.267 e. The predicted molar refractivity (Wildman–Crippen MR) is 121 cm³/mol. The Bertz CT molecular complexity index is 975. The third-order valence-electron chi connectivity index (χ3n) is 5.21. The molecule has 1 unspecified atom stereocenters. The number of carbonyl (C=O) groups is 3. The van der Waals surface area contributed by atoms with Gasteiger partial charge in [0.15, 0.2) is 5.72 Å². The van der Waals surface area contributed by atoms with E-state index in [0.29, 0.717) is 39.8 Å². The number of aliphatic hydroxyl groups is 1. The molecule has 8 nitrogen and oxygen atoms in total. The summed E-state index contributed by atoms with van der Waals surface area (Å²) < 4.78 is 14.5. The van der Waals surface area contributed by atoms with E-state index in [-0.39, 0.29) is 25.9 Å². The van der Waals surface area contributed by atoms with Crippen LogP contribution >= 0.6 is 11.9 Å². The van der Waals surface area contributed by atoms with Crippen LogP contribution in [0.4, 0.5) is 10.1 Å². The Morgan fingerprint density at radius 3 is 2.62 bits per heavy atom. The Labute approximate surface area is 190 Å². The molecule has 2 aromatic rings. The Kier molecular flexibility index (Phi) is 9.33. The van der Waals surface area contributed by atoms with E-state index in [9.17, 15) is 23.9 Å². The minimum Gasteiger partial charge on any atom is -0.381 e. The second kappa shape index (κ2) is 11.7. The van der Waals surface area contributed by atoms with Crippen molar-refractivity contribution in [2.75, 3.05) is 19.4 Å². The first-order valence-corrected chi connectivity index (χ1v) is 10.7. The molecule has 0 radical (unpaired) electrons. The zero-order valence-corrected chi connectivity index (χ0v) is 18.7. The van der Waals surface area contributed by atoms with E-state index in [4.69, 9.17) is 5.14 Å². The average molecular weight is 463 g/mol. The van der Waals surface area contributed by atoms with Crippen molar-refractivity contribution in [3.63, 3.8) is 0 Å². The number of halogens is 1. The third-order valence-corrected chi connectivity index (χ3v) is 5.78. The van der Waals surface area contributed by atoms with Crippen LogP contribution in [0.2, 0.25) is 0 Å².